The molecule has 2 unspecified atom stereocenters. The molecule has 1 aliphatic rings. The van der Waals surface area contributed by atoms with E-state index in [1.54, 1.807) is 7.05 Å². The van der Waals surface area contributed by atoms with Crippen molar-refractivity contribution in [2.75, 3.05) is 47.1 Å². The Morgan fingerprint density at radius 1 is 1.43 bits per heavy atom. The lowest BCUT2D eigenvalue weighted by Gasteiger charge is -2.32. The number of carbonyl (C=O) groups is 2. The maximum atomic E-state index is 12.4. The Morgan fingerprint density at radius 3 is 2.71 bits per heavy atom. The van der Waals surface area contributed by atoms with E-state index >= 15 is 0 Å². The number of hydrogen-bond acceptors (Lipinski definition) is 5. The second-order valence-electron chi connectivity index (χ2n) is 4.83. The van der Waals surface area contributed by atoms with Gasteiger partial charge in [-0.25, -0.2) is 4.79 Å². The first-order valence-electron chi connectivity index (χ1n) is 6.71. The van der Waals surface area contributed by atoms with Gasteiger partial charge in [-0.3, -0.25) is 4.79 Å². The van der Waals surface area contributed by atoms with Crippen LogP contribution >= 0.6 is 0 Å². The highest BCUT2D eigenvalue weighted by Crippen LogP contribution is 2.20. The minimum absolute atomic E-state index is 0.105. The number of ether oxygens (including phenoxy) is 2. The first-order chi connectivity index (χ1) is 10.0. The molecule has 1 rings (SSSR count). The van der Waals surface area contributed by atoms with Crippen LogP contribution in [0.1, 0.15) is 6.42 Å². The topological polar surface area (TPSA) is 103 Å². The number of nitrogens with zero attached hydrogens (tertiary/aromatic N) is 3. The zero-order chi connectivity index (χ0) is 15.8. The Bertz CT molecular complexity index is 409. The maximum Gasteiger partial charge on any atom is 0.320 e. The summed E-state index contributed by atoms with van der Waals surface area (Å²) in [5.74, 6) is -1.70. The molecule has 21 heavy (non-hydrogen) atoms. The molecular formula is C13H21N3O5. The van der Waals surface area contributed by atoms with Crippen LogP contribution < -0.4 is 0 Å². The van der Waals surface area contributed by atoms with Gasteiger partial charge in [-0.2, -0.15) is 5.26 Å². The summed E-state index contributed by atoms with van der Waals surface area (Å²) in [7, 11) is 3.09. The van der Waals surface area contributed by atoms with Gasteiger partial charge in [0.2, 0.25) is 0 Å². The highest BCUT2D eigenvalue weighted by Gasteiger charge is 2.39. The van der Waals surface area contributed by atoms with E-state index in [-0.39, 0.29) is 32.2 Å². The van der Waals surface area contributed by atoms with Gasteiger partial charge in [0.15, 0.2) is 0 Å². The molecule has 118 valence electrons. The average Bonchev–Trinajstić information content (AvgIpc) is 2.95. The number of likely N-dealkylation sites (N-methyl/N-ethyl adjacent to an activating group) is 1. The number of nitriles is 1. The summed E-state index contributed by atoms with van der Waals surface area (Å²) in [5, 5.41) is 17.8. The summed E-state index contributed by atoms with van der Waals surface area (Å²) in [4.78, 5) is 26.5. The van der Waals surface area contributed by atoms with Crippen LogP contribution in [0, 0.1) is 17.2 Å². The van der Waals surface area contributed by atoms with Crippen LogP contribution in [-0.2, 0) is 14.3 Å². The molecule has 0 saturated carbocycles. The molecule has 8 nitrogen and oxygen atoms in total. The molecule has 0 aromatic heterocycles. The first-order valence-corrected chi connectivity index (χ1v) is 6.71. The van der Waals surface area contributed by atoms with Gasteiger partial charge in [-0.05, 0) is 0 Å². The summed E-state index contributed by atoms with van der Waals surface area (Å²) in [6, 6.07) is 1.18. The second kappa shape index (κ2) is 8.44. The number of urea groups is 1. The van der Waals surface area contributed by atoms with E-state index in [1.807, 2.05) is 6.07 Å². The molecule has 0 bridgehead atoms. The van der Waals surface area contributed by atoms with Crippen LogP contribution in [0.15, 0.2) is 0 Å². The van der Waals surface area contributed by atoms with Crippen molar-refractivity contribution in [3.05, 3.63) is 0 Å². The molecule has 0 radical (unpaired) electrons. The number of carboxylic acid groups (broad SMARTS) is 1. The molecule has 0 spiro atoms. The molecule has 1 saturated heterocycles. The van der Waals surface area contributed by atoms with E-state index in [1.165, 1.54) is 16.9 Å². The molecule has 1 N–H and O–H groups in total. The van der Waals surface area contributed by atoms with Crippen LogP contribution in [0.4, 0.5) is 4.79 Å². The fourth-order valence-corrected chi connectivity index (χ4v) is 2.22. The molecular weight excluding hydrogens is 278 g/mol. The molecule has 0 aliphatic carbocycles. The third-order valence-corrected chi connectivity index (χ3v) is 3.50. The Kier molecular flexibility index (Phi) is 6.91. The fraction of sp³-hybridized carbons (Fsp3) is 0.769. The minimum atomic E-state index is -0.974. The van der Waals surface area contributed by atoms with E-state index in [0.29, 0.717) is 13.2 Å². The standard InChI is InChI=1S/C13H21N3O5/c1-15(11-9-21-8-10(11)12(17)18)13(19)16(5-3-4-14)6-7-20-2/h10-11H,3,5-9H2,1-2H3,(H,17,18). The minimum Gasteiger partial charge on any atom is -0.481 e. The van der Waals surface area contributed by atoms with Crippen molar-refractivity contribution in [3.63, 3.8) is 0 Å². The lowest BCUT2D eigenvalue weighted by molar-refractivity contribution is -0.142. The van der Waals surface area contributed by atoms with Gasteiger partial charge in [0.1, 0.15) is 5.92 Å². The average molecular weight is 299 g/mol. The molecule has 8 heteroatoms. The van der Waals surface area contributed by atoms with Gasteiger partial charge in [0.25, 0.3) is 0 Å². The van der Waals surface area contributed by atoms with Crippen molar-refractivity contribution in [3.8, 4) is 6.07 Å². The van der Waals surface area contributed by atoms with Crippen LogP contribution in [0.25, 0.3) is 0 Å². The zero-order valence-electron chi connectivity index (χ0n) is 12.3. The van der Waals surface area contributed by atoms with Crippen molar-refractivity contribution in [2.24, 2.45) is 5.92 Å². The Hall–Kier alpha value is -1.85. The van der Waals surface area contributed by atoms with E-state index in [9.17, 15) is 9.59 Å². The Balaban J connectivity index is 2.72. The molecule has 2 amide bonds. The summed E-state index contributed by atoms with van der Waals surface area (Å²) in [5.41, 5.74) is 0. The lowest BCUT2D eigenvalue weighted by atomic mass is 10.0. The number of methoxy groups -OCH3 is 1. The van der Waals surface area contributed by atoms with Gasteiger partial charge in [0.05, 0.1) is 38.4 Å². The van der Waals surface area contributed by atoms with Crippen LogP contribution in [0.3, 0.4) is 0 Å². The van der Waals surface area contributed by atoms with Crippen molar-refractivity contribution in [1.29, 1.82) is 5.26 Å². The van der Waals surface area contributed by atoms with Gasteiger partial charge in [-0.15, -0.1) is 0 Å². The number of amides is 2. The zero-order valence-corrected chi connectivity index (χ0v) is 12.3. The molecule has 1 heterocycles. The third-order valence-electron chi connectivity index (χ3n) is 3.50. The summed E-state index contributed by atoms with van der Waals surface area (Å²) < 4.78 is 10.1. The number of rotatable bonds is 7. The number of carbonyl (C=O) groups excluding carboxylic acids is 1. The summed E-state index contributed by atoms with van der Waals surface area (Å²) >= 11 is 0. The predicted molar refractivity (Wildman–Crippen MR) is 72.6 cm³/mol. The van der Waals surface area contributed by atoms with E-state index in [4.69, 9.17) is 19.8 Å². The first kappa shape index (κ1) is 17.2. The van der Waals surface area contributed by atoms with Gasteiger partial charge in [-0.1, -0.05) is 0 Å². The number of hydrogen-bond donors (Lipinski definition) is 1. The van der Waals surface area contributed by atoms with E-state index < -0.39 is 17.9 Å². The maximum absolute atomic E-state index is 12.4. The molecule has 1 fully saturated rings. The van der Waals surface area contributed by atoms with Crippen molar-refractivity contribution in [1.82, 2.24) is 9.80 Å². The Morgan fingerprint density at radius 2 is 2.14 bits per heavy atom. The molecule has 1 aliphatic heterocycles. The van der Waals surface area contributed by atoms with Crippen LogP contribution in [0.5, 0.6) is 0 Å². The van der Waals surface area contributed by atoms with Crippen LogP contribution in [-0.4, -0.2) is 80.0 Å². The quantitative estimate of drug-likeness (QED) is 0.709. The highest BCUT2D eigenvalue weighted by atomic mass is 16.5. The van der Waals surface area contributed by atoms with Crippen LogP contribution in [0.2, 0.25) is 0 Å². The van der Waals surface area contributed by atoms with Crippen molar-refractivity contribution in [2.45, 2.75) is 12.5 Å². The van der Waals surface area contributed by atoms with Crippen molar-refractivity contribution >= 4 is 12.0 Å². The lowest BCUT2D eigenvalue weighted by Crippen LogP contribution is -2.50. The van der Waals surface area contributed by atoms with Crippen molar-refractivity contribution < 1.29 is 24.2 Å². The largest absolute Gasteiger partial charge is 0.481 e. The molecule has 0 aromatic carbocycles. The number of aliphatic carboxylic acids is 1. The fourth-order valence-electron chi connectivity index (χ4n) is 2.22. The monoisotopic (exact) mass is 299 g/mol. The molecule has 0 aromatic rings. The van der Waals surface area contributed by atoms with Gasteiger partial charge in [0, 0.05) is 27.2 Å². The van der Waals surface area contributed by atoms with Gasteiger partial charge < -0.3 is 24.4 Å². The highest BCUT2D eigenvalue weighted by molar-refractivity contribution is 5.77. The Labute approximate surface area is 123 Å². The SMILES string of the molecule is COCCN(CCC#N)C(=O)N(C)C1COCC1C(=O)O. The van der Waals surface area contributed by atoms with E-state index in [2.05, 4.69) is 0 Å². The smallest absolute Gasteiger partial charge is 0.320 e. The molecule has 2 atom stereocenters. The predicted octanol–water partition coefficient (Wildman–Crippen LogP) is -0.000120. The number of carboxylic acids is 1. The van der Waals surface area contributed by atoms with Gasteiger partial charge >= 0.3 is 12.0 Å². The second-order valence-corrected chi connectivity index (χ2v) is 4.83. The normalized spacial score (nSPS) is 20.8. The summed E-state index contributed by atoms with van der Waals surface area (Å²) in [6.45, 7) is 1.30. The van der Waals surface area contributed by atoms with E-state index in [0.717, 1.165) is 0 Å². The summed E-state index contributed by atoms with van der Waals surface area (Å²) in [6.07, 6.45) is 0.215. The third kappa shape index (κ3) is 4.58.